The first kappa shape index (κ1) is 19.9. The fourth-order valence-electron chi connectivity index (χ4n) is 4.53. The fraction of sp³-hybridized carbons (Fsp3) is 0.478. The maximum atomic E-state index is 13.1. The molecule has 0 unspecified atom stereocenters. The number of halogens is 1. The highest BCUT2D eigenvalue weighted by atomic mass is 19.1. The summed E-state index contributed by atoms with van der Waals surface area (Å²) in [6.45, 7) is 2.05. The van der Waals surface area contributed by atoms with Gasteiger partial charge in [0, 0.05) is 37.0 Å². The van der Waals surface area contributed by atoms with Crippen LogP contribution in [-0.2, 0) is 29.0 Å². The van der Waals surface area contributed by atoms with E-state index in [1.54, 1.807) is 17.0 Å². The molecule has 2 amide bonds. The minimum atomic E-state index is -0.322. The lowest BCUT2D eigenvalue weighted by atomic mass is 10.0. The average Bonchev–Trinajstić information content (AvgIpc) is 3.50. The van der Waals surface area contributed by atoms with Gasteiger partial charge in [-0.2, -0.15) is 0 Å². The Kier molecular flexibility index (Phi) is 5.08. The van der Waals surface area contributed by atoms with E-state index in [1.807, 2.05) is 4.90 Å². The van der Waals surface area contributed by atoms with Crippen molar-refractivity contribution in [3.63, 3.8) is 0 Å². The summed E-state index contributed by atoms with van der Waals surface area (Å²) >= 11 is 0. The summed E-state index contributed by atoms with van der Waals surface area (Å²) in [6.07, 6.45) is 3.39. The molecule has 8 heteroatoms. The number of carbonyl (C=O) groups excluding carboxylic acids is 2. The van der Waals surface area contributed by atoms with Crippen LogP contribution in [-0.4, -0.2) is 51.2 Å². The average molecular weight is 424 g/mol. The number of nitrogens with one attached hydrogen (secondary N) is 1. The minimum Gasteiger partial charge on any atom is -0.342 e. The molecular formula is C23H25FN4O3. The predicted molar refractivity (Wildman–Crippen MR) is 111 cm³/mol. The van der Waals surface area contributed by atoms with Gasteiger partial charge in [0.2, 0.25) is 11.8 Å². The normalized spacial score (nSPS) is 20.6. The molecule has 1 saturated heterocycles. The van der Waals surface area contributed by atoms with Crippen LogP contribution in [0.25, 0.3) is 0 Å². The molecule has 31 heavy (non-hydrogen) atoms. The first-order valence-electron chi connectivity index (χ1n) is 10.9. The Morgan fingerprint density at radius 1 is 1.10 bits per heavy atom. The van der Waals surface area contributed by atoms with Crippen molar-refractivity contribution in [2.75, 3.05) is 19.6 Å². The Hall–Kier alpha value is -3.03. The van der Waals surface area contributed by atoms with E-state index in [9.17, 15) is 18.8 Å². The first-order valence-corrected chi connectivity index (χ1v) is 10.9. The predicted octanol–water partition coefficient (Wildman–Crippen LogP) is 1.76. The Labute approximate surface area is 179 Å². The third-order valence-corrected chi connectivity index (χ3v) is 6.53. The highest BCUT2D eigenvalue weighted by Crippen LogP contribution is 2.32. The number of fused-ring (bicyclic) bond motifs is 1. The number of carbonyl (C=O) groups is 2. The molecule has 2 aliphatic heterocycles. The summed E-state index contributed by atoms with van der Waals surface area (Å²) in [5, 5.41) is 0. The molecule has 7 nitrogen and oxygen atoms in total. The Bertz CT molecular complexity index is 1080. The number of aromatic amines is 1. The van der Waals surface area contributed by atoms with Crippen molar-refractivity contribution in [2.45, 2.75) is 44.6 Å². The van der Waals surface area contributed by atoms with Crippen LogP contribution < -0.4 is 5.56 Å². The van der Waals surface area contributed by atoms with Crippen molar-refractivity contribution in [2.24, 2.45) is 5.92 Å². The van der Waals surface area contributed by atoms with Crippen LogP contribution in [0.1, 0.15) is 47.8 Å². The second-order valence-electron chi connectivity index (χ2n) is 8.79. The van der Waals surface area contributed by atoms with E-state index in [0.29, 0.717) is 49.7 Å². The number of likely N-dealkylation sites (tertiary alicyclic amines) is 1. The Morgan fingerprint density at radius 2 is 1.87 bits per heavy atom. The summed E-state index contributed by atoms with van der Waals surface area (Å²) in [4.78, 5) is 49.0. The third kappa shape index (κ3) is 4.11. The van der Waals surface area contributed by atoms with Crippen LogP contribution >= 0.6 is 0 Å². The molecule has 3 aliphatic rings. The number of nitrogens with zero attached hydrogens (tertiary/aromatic N) is 3. The Morgan fingerprint density at radius 3 is 2.61 bits per heavy atom. The molecule has 1 aromatic heterocycles. The van der Waals surface area contributed by atoms with Crippen molar-refractivity contribution < 1.29 is 14.0 Å². The lowest BCUT2D eigenvalue weighted by molar-refractivity contribution is -0.133. The van der Waals surface area contributed by atoms with Gasteiger partial charge >= 0.3 is 0 Å². The van der Waals surface area contributed by atoms with E-state index in [1.165, 1.54) is 12.1 Å². The van der Waals surface area contributed by atoms with Crippen molar-refractivity contribution in [3.8, 4) is 0 Å². The first-order chi connectivity index (χ1) is 15.0. The van der Waals surface area contributed by atoms with Crippen molar-refractivity contribution >= 4 is 11.8 Å². The summed E-state index contributed by atoms with van der Waals surface area (Å²) in [5.41, 5.74) is 2.01. The maximum Gasteiger partial charge on any atom is 0.254 e. The second-order valence-corrected chi connectivity index (χ2v) is 8.79. The van der Waals surface area contributed by atoms with E-state index < -0.39 is 0 Å². The monoisotopic (exact) mass is 424 g/mol. The molecular weight excluding hydrogens is 399 g/mol. The van der Waals surface area contributed by atoms with Crippen LogP contribution in [0.4, 0.5) is 4.39 Å². The number of amides is 2. The zero-order valence-electron chi connectivity index (χ0n) is 17.3. The van der Waals surface area contributed by atoms with E-state index in [0.717, 1.165) is 24.8 Å². The molecule has 2 fully saturated rings. The van der Waals surface area contributed by atoms with Crippen molar-refractivity contribution in [3.05, 3.63) is 63.1 Å². The van der Waals surface area contributed by atoms with Gasteiger partial charge in [-0.15, -0.1) is 0 Å². The van der Waals surface area contributed by atoms with Crippen LogP contribution in [0.3, 0.4) is 0 Å². The van der Waals surface area contributed by atoms with Crippen LogP contribution in [0.2, 0.25) is 0 Å². The number of benzene rings is 1. The van der Waals surface area contributed by atoms with E-state index in [-0.39, 0.29) is 41.4 Å². The van der Waals surface area contributed by atoms with Gasteiger partial charge in [0.1, 0.15) is 11.6 Å². The van der Waals surface area contributed by atoms with Gasteiger partial charge in [-0.25, -0.2) is 9.37 Å². The molecule has 1 aliphatic carbocycles. The number of rotatable bonds is 4. The standard InChI is InChI=1S/C23H25FN4O3/c24-17-5-1-14(2-6-17)11-20(29)27-9-7-16(12-27)21-25-19-13-28(23(31)15-3-4-15)10-8-18(19)22(30)26-21/h1-2,5-6,15-16H,3-4,7-13H2,(H,25,26,30)/t16-/m0/s1. The smallest absolute Gasteiger partial charge is 0.254 e. The molecule has 1 aromatic carbocycles. The SMILES string of the molecule is O=C(Cc1ccc(F)cc1)N1CC[C@H](c2nc3c(c(=O)[nH]2)CCN(C(=O)C2CC2)C3)C1. The highest BCUT2D eigenvalue weighted by molar-refractivity contribution is 5.81. The fourth-order valence-corrected chi connectivity index (χ4v) is 4.53. The molecule has 5 rings (SSSR count). The maximum absolute atomic E-state index is 13.1. The number of H-pyrrole nitrogens is 1. The van der Waals surface area contributed by atoms with Crippen LogP contribution in [0.15, 0.2) is 29.1 Å². The molecule has 0 bridgehead atoms. The molecule has 3 heterocycles. The van der Waals surface area contributed by atoms with Crippen molar-refractivity contribution in [1.29, 1.82) is 0 Å². The van der Waals surface area contributed by atoms with E-state index >= 15 is 0 Å². The van der Waals surface area contributed by atoms with Crippen LogP contribution in [0.5, 0.6) is 0 Å². The largest absolute Gasteiger partial charge is 0.342 e. The summed E-state index contributed by atoms with van der Waals surface area (Å²) in [7, 11) is 0. The molecule has 162 valence electrons. The highest BCUT2D eigenvalue weighted by Gasteiger charge is 2.36. The van der Waals surface area contributed by atoms with E-state index in [4.69, 9.17) is 4.98 Å². The molecule has 0 radical (unpaired) electrons. The molecule has 1 atom stereocenters. The molecule has 1 saturated carbocycles. The zero-order valence-corrected chi connectivity index (χ0v) is 17.3. The van der Waals surface area contributed by atoms with Gasteiger partial charge in [0.15, 0.2) is 0 Å². The van der Waals surface area contributed by atoms with Gasteiger partial charge in [-0.05, 0) is 43.4 Å². The molecule has 1 N–H and O–H groups in total. The molecule has 0 spiro atoms. The van der Waals surface area contributed by atoms with Crippen molar-refractivity contribution in [1.82, 2.24) is 19.8 Å². The third-order valence-electron chi connectivity index (χ3n) is 6.53. The summed E-state index contributed by atoms with van der Waals surface area (Å²) in [6, 6.07) is 5.96. The van der Waals surface area contributed by atoms with Gasteiger partial charge in [0.25, 0.3) is 5.56 Å². The van der Waals surface area contributed by atoms with Crippen LogP contribution in [0, 0.1) is 11.7 Å². The van der Waals surface area contributed by atoms with Gasteiger partial charge in [-0.1, -0.05) is 12.1 Å². The Balaban J connectivity index is 1.27. The topological polar surface area (TPSA) is 86.4 Å². The minimum absolute atomic E-state index is 0.0179. The second kappa shape index (κ2) is 7.90. The lowest BCUT2D eigenvalue weighted by Crippen LogP contribution is -2.40. The number of hydrogen-bond acceptors (Lipinski definition) is 4. The number of aromatic nitrogens is 2. The summed E-state index contributed by atoms with van der Waals surface area (Å²) in [5.74, 6) is 0.547. The lowest BCUT2D eigenvalue weighted by Gasteiger charge is -2.28. The molecule has 2 aromatic rings. The zero-order chi connectivity index (χ0) is 21.5. The van der Waals surface area contributed by atoms with E-state index in [2.05, 4.69) is 4.98 Å². The van der Waals surface area contributed by atoms with Gasteiger partial charge < -0.3 is 14.8 Å². The number of hydrogen-bond donors (Lipinski definition) is 1. The quantitative estimate of drug-likeness (QED) is 0.811. The van der Waals surface area contributed by atoms with Gasteiger partial charge in [0.05, 0.1) is 18.7 Å². The summed E-state index contributed by atoms with van der Waals surface area (Å²) < 4.78 is 13.1. The van der Waals surface area contributed by atoms with Gasteiger partial charge in [-0.3, -0.25) is 14.4 Å².